The highest BCUT2D eigenvalue weighted by Gasteiger charge is 2.13. The molecule has 132 valence electrons. The first kappa shape index (κ1) is 19.7. The van der Waals surface area contributed by atoms with E-state index in [1.165, 1.54) is 0 Å². The van der Waals surface area contributed by atoms with Crippen molar-refractivity contribution < 1.29 is 14.3 Å². The maximum Gasteiger partial charge on any atom is 0.330 e. The SMILES string of the molecule is CCOC(CCn1[nH]c(=O)c(Cl)c(Cl)c1=O)=NNC(=O)C(=O)NN. The highest BCUT2D eigenvalue weighted by molar-refractivity contribution is 6.41. The fourth-order valence-electron chi connectivity index (χ4n) is 1.46. The van der Waals surface area contributed by atoms with Crippen LogP contribution in [0.5, 0.6) is 0 Å². The van der Waals surface area contributed by atoms with Gasteiger partial charge >= 0.3 is 11.8 Å². The molecule has 0 unspecified atom stereocenters. The van der Waals surface area contributed by atoms with E-state index in [0.717, 1.165) is 4.68 Å². The average molecular weight is 381 g/mol. The van der Waals surface area contributed by atoms with Gasteiger partial charge in [0.2, 0.25) is 5.90 Å². The van der Waals surface area contributed by atoms with Gasteiger partial charge in [-0.15, -0.1) is 5.10 Å². The number of halogens is 2. The number of aromatic amines is 1. The molecule has 0 bridgehead atoms. The van der Waals surface area contributed by atoms with Crippen molar-refractivity contribution in [3.8, 4) is 0 Å². The summed E-state index contributed by atoms with van der Waals surface area (Å²) in [5.74, 6) is 2.60. The van der Waals surface area contributed by atoms with Crippen LogP contribution in [0.1, 0.15) is 13.3 Å². The molecule has 0 aliphatic heterocycles. The van der Waals surface area contributed by atoms with Gasteiger partial charge in [0, 0.05) is 6.42 Å². The molecule has 0 radical (unpaired) electrons. The maximum absolute atomic E-state index is 11.9. The first-order valence-corrected chi connectivity index (χ1v) is 7.25. The second-order valence-corrected chi connectivity index (χ2v) is 4.88. The molecule has 1 heterocycles. The molecule has 0 aliphatic rings. The third kappa shape index (κ3) is 5.08. The van der Waals surface area contributed by atoms with E-state index in [-0.39, 0.29) is 25.5 Å². The molecule has 2 amide bonds. The molecule has 11 nitrogen and oxygen atoms in total. The number of nitrogens with one attached hydrogen (secondary N) is 3. The molecule has 0 fully saturated rings. The van der Waals surface area contributed by atoms with Gasteiger partial charge in [0.1, 0.15) is 10.0 Å². The lowest BCUT2D eigenvalue weighted by Crippen LogP contribution is -2.41. The molecular weight excluding hydrogens is 367 g/mol. The predicted octanol–water partition coefficient (Wildman–Crippen LogP) is -1.31. The molecule has 0 aliphatic carbocycles. The molecule has 1 aromatic heterocycles. The molecule has 0 spiro atoms. The number of nitrogens with zero attached hydrogens (tertiary/aromatic N) is 2. The second-order valence-electron chi connectivity index (χ2n) is 4.13. The molecule has 24 heavy (non-hydrogen) atoms. The van der Waals surface area contributed by atoms with E-state index in [2.05, 4.69) is 10.2 Å². The topological polar surface area (TPSA) is 161 Å². The van der Waals surface area contributed by atoms with E-state index >= 15 is 0 Å². The number of carbonyl (C=O) groups is 2. The zero-order valence-electron chi connectivity index (χ0n) is 12.4. The first-order chi connectivity index (χ1) is 11.3. The standard InChI is InChI=1S/C11H14Cl2N6O5/c1-2-24-5(16-17-10(22)9(21)15-14)3-4-19-11(23)7(13)6(12)8(20)18-19/h2-4,14H2,1H3,(H,15,21)(H,17,22)(H,18,20). The van der Waals surface area contributed by atoms with Crippen molar-refractivity contribution in [2.24, 2.45) is 10.9 Å². The summed E-state index contributed by atoms with van der Waals surface area (Å²) in [7, 11) is 0. The van der Waals surface area contributed by atoms with Crippen molar-refractivity contribution in [2.75, 3.05) is 6.61 Å². The Morgan fingerprint density at radius 2 is 1.96 bits per heavy atom. The number of aromatic nitrogens is 2. The van der Waals surface area contributed by atoms with Gasteiger partial charge in [0.15, 0.2) is 0 Å². The number of aryl methyl sites for hydroxylation is 1. The minimum Gasteiger partial charge on any atom is -0.480 e. The van der Waals surface area contributed by atoms with Crippen LogP contribution in [-0.2, 0) is 20.9 Å². The molecule has 0 atom stereocenters. The average Bonchev–Trinajstić information content (AvgIpc) is 2.58. The highest BCUT2D eigenvalue weighted by Crippen LogP contribution is 2.10. The van der Waals surface area contributed by atoms with Crippen molar-refractivity contribution in [3.63, 3.8) is 0 Å². The molecule has 0 saturated heterocycles. The third-order valence-corrected chi connectivity index (χ3v) is 3.35. The Morgan fingerprint density at radius 3 is 2.54 bits per heavy atom. The van der Waals surface area contributed by atoms with E-state index in [9.17, 15) is 19.2 Å². The van der Waals surface area contributed by atoms with Crippen molar-refractivity contribution >= 4 is 40.9 Å². The third-order valence-electron chi connectivity index (χ3n) is 2.54. The Bertz CT molecular complexity index is 771. The normalized spacial score (nSPS) is 11.1. The lowest BCUT2D eigenvalue weighted by Gasteiger charge is -2.09. The Hall–Kier alpha value is -2.37. The zero-order valence-corrected chi connectivity index (χ0v) is 13.9. The zero-order chi connectivity index (χ0) is 18.3. The van der Waals surface area contributed by atoms with Crippen LogP contribution < -0.4 is 27.8 Å². The van der Waals surface area contributed by atoms with E-state index < -0.39 is 33.0 Å². The summed E-state index contributed by atoms with van der Waals surface area (Å²) in [5, 5.41) is 5.01. The minimum atomic E-state index is -1.10. The predicted molar refractivity (Wildman–Crippen MR) is 85.5 cm³/mol. The van der Waals surface area contributed by atoms with Crippen molar-refractivity contribution in [2.45, 2.75) is 19.9 Å². The van der Waals surface area contributed by atoms with Crippen LogP contribution in [-0.4, -0.2) is 34.1 Å². The molecule has 5 N–H and O–H groups in total. The summed E-state index contributed by atoms with van der Waals surface area (Å²) in [6, 6.07) is 0. The number of hydrogen-bond acceptors (Lipinski definition) is 7. The van der Waals surface area contributed by atoms with E-state index in [1.807, 2.05) is 5.43 Å². The Balaban J connectivity index is 2.88. The van der Waals surface area contributed by atoms with Gasteiger partial charge in [-0.25, -0.2) is 16.0 Å². The summed E-state index contributed by atoms with van der Waals surface area (Å²) in [5.41, 5.74) is 2.12. The van der Waals surface area contributed by atoms with Gasteiger partial charge in [-0.2, -0.15) is 0 Å². The smallest absolute Gasteiger partial charge is 0.330 e. The van der Waals surface area contributed by atoms with Crippen LogP contribution in [0.15, 0.2) is 14.7 Å². The van der Waals surface area contributed by atoms with Crippen LogP contribution >= 0.6 is 23.2 Å². The molecular formula is C11H14Cl2N6O5. The van der Waals surface area contributed by atoms with Gasteiger partial charge in [0.25, 0.3) is 11.1 Å². The number of carbonyl (C=O) groups excluding carboxylic acids is 2. The Morgan fingerprint density at radius 1 is 1.29 bits per heavy atom. The number of hydrogen-bond donors (Lipinski definition) is 4. The Labute approximate surface area is 144 Å². The number of nitrogens with two attached hydrogens (primary N) is 1. The molecule has 0 aromatic carbocycles. The minimum absolute atomic E-state index is 0.00612. The lowest BCUT2D eigenvalue weighted by molar-refractivity contribution is -0.139. The van der Waals surface area contributed by atoms with Crippen LogP contribution in [0, 0.1) is 0 Å². The van der Waals surface area contributed by atoms with E-state index in [4.69, 9.17) is 33.8 Å². The second kappa shape index (κ2) is 9.05. The van der Waals surface area contributed by atoms with E-state index in [1.54, 1.807) is 12.3 Å². The van der Waals surface area contributed by atoms with Crippen molar-refractivity contribution in [1.82, 2.24) is 20.6 Å². The van der Waals surface area contributed by atoms with Crippen molar-refractivity contribution in [1.29, 1.82) is 0 Å². The van der Waals surface area contributed by atoms with Gasteiger partial charge in [-0.1, -0.05) is 23.2 Å². The summed E-state index contributed by atoms with van der Waals surface area (Å²) in [4.78, 5) is 45.5. The van der Waals surface area contributed by atoms with Gasteiger partial charge in [-0.05, 0) is 6.92 Å². The van der Waals surface area contributed by atoms with Crippen LogP contribution in [0.2, 0.25) is 10.0 Å². The number of hydrazone groups is 1. The Kier molecular flexibility index (Phi) is 7.42. The fourth-order valence-corrected chi connectivity index (χ4v) is 1.77. The van der Waals surface area contributed by atoms with Crippen molar-refractivity contribution in [3.05, 3.63) is 30.8 Å². The number of hydrazine groups is 1. The van der Waals surface area contributed by atoms with Gasteiger partial charge in [0.05, 0.1) is 13.2 Å². The largest absolute Gasteiger partial charge is 0.480 e. The van der Waals surface area contributed by atoms with Gasteiger partial charge < -0.3 is 4.74 Å². The van der Waals surface area contributed by atoms with Crippen LogP contribution in [0.25, 0.3) is 0 Å². The summed E-state index contributed by atoms with van der Waals surface area (Å²) < 4.78 is 6.07. The molecule has 1 aromatic rings. The summed E-state index contributed by atoms with van der Waals surface area (Å²) in [6.45, 7) is 1.81. The maximum atomic E-state index is 11.9. The molecule has 0 saturated carbocycles. The molecule has 13 heteroatoms. The number of ether oxygens (including phenoxy) is 1. The number of H-pyrrole nitrogens is 1. The number of amides is 2. The summed E-state index contributed by atoms with van der Waals surface area (Å²) >= 11 is 11.2. The summed E-state index contributed by atoms with van der Waals surface area (Å²) in [6.07, 6.45) is 0.00612. The quantitative estimate of drug-likeness (QED) is 0.124. The monoisotopic (exact) mass is 380 g/mol. The number of rotatable bonds is 5. The van der Waals surface area contributed by atoms with Crippen LogP contribution in [0.4, 0.5) is 0 Å². The first-order valence-electron chi connectivity index (χ1n) is 6.50. The van der Waals surface area contributed by atoms with E-state index in [0.29, 0.717) is 0 Å². The van der Waals surface area contributed by atoms with Crippen LogP contribution in [0.3, 0.4) is 0 Å². The lowest BCUT2D eigenvalue weighted by atomic mass is 10.4. The fraction of sp³-hybridized carbons (Fsp3) is 0.364. The molecule has 1 rings (SSSR count). The highest BCUT2D eigenvalue weighted by atomic mass is 35.5. The van der Waals surface area contributed by atoms with Gasteiger partial charge in [-0.3, -0.25) is 29.7 Å².